The SMILES string of the molecule is O=C(O)C[C@H](NC1O[C@H](CO)[C@@H](O)[C@H]1O)C(=O)O. The first-order chi connectivity index (χ1) is 8.36. The lowest BCUT2D eigenvalue weighted by atomic mass is 10.1. The second-order valence-electron chi connectivity index (χ2n) is 3.91. The molecule has 104 valence electrons. The van der Waals surface area contributed by atoms with Crippen molar-refractivity contribution in [1.29, 1.82) is 0 Å². The molecule has 1 unspecified atom stereocenters. The summed E-state index contributed by atoms with van der Waals surface area (Å²) in [5, 5.41) is 47.4. The van der Waals surface area contributed by atoms with Gasteiger partial charge >= 0.3 is 11.9 Å². The number of nitrogens with one attached hydrogen (secondary N) is 1. The highest BCUT2D eigenvalue weighted by atomic mass is 16.6. The molecule has 0 saturated carbocycles. The van der Waals surface area contributed by atoms with Gasteiger partial charge in [0, 0.05) is 0 Å². The van der Waals surface area contributed by atoms with E-state index in [4.69, 9.17) is 20.1 Å². The minimum absolute atomic E-state index is 0.549. The predicted molar refractivity (Wildman–Crippen MR) is 54.6 cm³/mol. The number of hydrogen-bond acceptors (Lipinski definition) is 7. The number of ether oxygens (including phenoxy) is 1. The van der Waals surface area contributed by atoms with E-state index in [2.05, 4.69) is 5.32 Å². The summed E-state index contributed by atoms with van der Waals surface area (Å²) in [6, 6.07) is -1.47. The first kappa shape index (κ1) is 14.8. The molecule has 0 aromatic rings. The van der Waals surface area contributed by atoms with Crippen LogP contribution >= 0.6 is 0 Å². The van der Waals surface area contributed by atoms with E-state index >= 15 is 0 Å². The Balaban J connectivity index is 2.64. The molecule has 1 aliphatic heterocycles. The lowest BCUT2D eigenvalue weighted by Gasteiger charge is -2.20. The van der Waals surface area contributed by atoms with Gasteiger partial charge in [0.05, 0.1) is 13.0 Å². The largest absolute Gasteiger partial charge is 0.481 e. The Morgan fingerprint density at radius 3 is 2.22 bits per heavy atom. The van der Waals surface area contributed by atoms with Gasteiger partial charge in [0.2, 0.25) is 0 Å². The van der Waals surface area contributed by atoms with E-state index in [0.29, 0.717) is 0 Å². The monoisotopic (exact) mass is 265 g/mol. The number of carboxylic acids is 2. The van der Waals surface area contributed by atoms with E-state index < -0.39 is 55.5 Å². The third-order valence-corrected chi connectivity index (χ3v) is 2.58. The smallest absolute Gasteiger partial charge is 0.321 e. The van der Waals surface area contributed by atoms with Crippen LogP contribution < -0.4 is 5.32 Å². The van der Waals surface area contributed by atoms with Crippen LogP contribution in [0.15, 0.2) is 0 Å². The lowest BCUT2D eigenvalue weighted by molar-refractivity contribution is -0.147. The van der Waals surface area contributed by atoms with Gasteiger partial charge in [-0.1, -0.05) is 0 Å². The van der Waals surface area contributed by atoms with Crippen LogP contribution in [0.25, 0.3) is 0 Å². The van der Waals surface area contributed by atoms with Gasteiger partial charge in [-0.25, -0.2) is 0 Å². The van der Waals surface area contributed by atoms with Crippen molar-refractivity contribution in [3.63, 3.8) is 0 Å². The summed E-state index contributed by atoms with van der Waals surface area (Å²) in [4.78, 5) is 21.2. The van der Waals surface area contributed by atoms with Gasteiger partial charge in [-0.3, -0.25) is 14.9 Å². The summed E-state index contributed by atoms with van der Waals surface area (Å²) in [5.74, 6) is -2.75. The molecular formula is C9H15NO8. The molecule has 0 aromatic heterocycles. The quantitative estimate of drug-likeness (QED) is 0.293. The van der Waals surface area contributed by atoms with Crippen LogP contribution in [0.2, 0.25) is 0 Å². The Hall–Kier alpha value is -1.26. The minimum atomic E-state index is -1.47. The summed E-state index contributed by atoms with van der Waals surface area (Å²) in [6.45, 7) is -0.549. The van der Waals surface area contributed by atoms with Crippen LogP contribution in [0, 0.1) is 0 Å². The molecular weight excluding hydrogens is 250 g/mol. The van der Waals surface area contributed by atoms with E-state index in [0.717, 1.165) is 0 Å². The van der Waals surface area contributed by atoms with Crippen molar-refractivity contribution in [3.8, 4) is 0 Å². The number of rotatable bonds is 6. The van der Waals surface area contributed by atoms with Crippen molar-refractivity contribution in [2.75, 3.05) is 6.61 Å². The standard InChI is InChI=1S/C9H15NO8/c11-2-4-6(14)7(15)8(18-4)10-3(9(16)17)1-5(12)13/h3-4,6-8,10-11,14-15H,1-2H2,(H,12,13)(H,16,17)/t3-,4+,6+,7+,8?/m0/s1. The molecule has 9 nitrogen and oxygen atoms in total. The zero-order valence-corrected chi connectivity index (χ0v) is 9.26. The molecule has 1 fully saturated rings. The van der Waals surface area contributed by atoms with Crippen molar-refractivity contribution in [2.45, 2.75) is 37.0 Å². The van der Waals surface area contributed by atoms with Crippen LogP contribution in [-0.4, -0.2) is 74.7 Å². The number of carboxylic acid groups (broad SMARTS) is 2. The molecule has 0 bridgehead atoms. The highest BCUT2D eigenvalue weighted by Gasteiger charge is 2.43. The third kappa shape index (κ3) is 3.37. The lowest BCUT2D eigenvalue weighted by Crippen LogP contribution is -2.49. The fourth-order valence-corrected chi connectivity index (χ4v) is 1.63. The molecule has 0 radical (unpaired) electrons. The summed E-state index contributed by atoms with van der Waals surface area (Å²) < 4.78 is 4.98. The molecule has 1 heterocycles. The maximum atomic E-state index is 10.8. The molecule has 6 N–H and O–H groups in total. The van der Waals surface area contributed by atoms with Crippen LogP contribution in [-0.2, 0) is 14.3 Å². The predicted octanol–water partition coefficient (Wildman–Crippen LogP) is -3.06. The van der Waals surface area contributed by atoms with E-state index in [-0.39, 0.29) is 0 Å². The highest BCUT2D eigenvalue weighted by Crippen LogP contribution is 2.20. The van der Waals surface area contributed by atoms with Gasteiger partial charge in [0.25, 0.3) is 0 Å². The van der Waals surface area contributed by atoms with Gasteiger partial charge < -0.3 is 30.3 Å². The minimum Gasteiger partial charge on any atom is -0.481 e. The Bertz CT molecular complexity index is 322. The second-order valence-corrected chi connectivity index (χ2v) is 3.91. The zero-order chi connectivity index (χ0) is 13.9. The van der Waals surface area contributed by atoms with Crippen molar-refractivity contribution in [2.24, 2.45) is 0 Å². The van der Waals surface area contributed by atoms with Gasteiger partial charge in [-0.05, 0) is 0 Å². The number of hydrogen-bond donors (Lipinski definition) is 6. The molecule has 0 aliphatic carbocycles. The first-order valence-corrected chi connectivity index (χ1v) is 5.20. The Morgan fingerprint density at radius 2 is 1.83 bits per heavy atom. The maximum Gasteiger partial charge on any atom is 0.321 e. The molecule has 1 saturated heterocycles. The van der Waals surface area contributed by atoms with Crippen LogP contribution in [0.5, 0.6) is 0 Å². The molecule has 0 spiro atoms. The second kappa shape index (κ2) is 6.07. The molecule has 1 aliphatic rings. The van der Waals surface area contributed by atoms with Gasteiger partial charge in [-0.15, -0.1) is 0 Å². The number of aliphatic hydroxyl groups is 3. The van der Waals surface area contributed by atoms with Crippen molar-refractivity contribution in [1.82, 2.24) is 5.32 Å². The number of aliphatic carboxylic acids is 2. The average Bonchev–Trinajstić information content (AvgIpc) is 2.55. The van der Waals surface area contributed by atoms with Crippen molar-refractivity contribution < 1.29 is 39.9 Å². The summed E-state index contributed by atoms with van der Waals surface area (Å²) in [6.07, 6.45) is -5.82. The van der Waals surface area contributed by atoms with Crippen LogP contribution in [0.3, 0.4) is 0 Å². The summed E-state index contributed by atoms with van der Waals surface area (Å²) in [7, 11) is 0. The van der Waals surface area contributed by atoms with Crippen LogP contribution in [0.4, 0.5) is 0 Å². The molecule has 0 amide bonds. The topological polar surface area (TPSA) is 157 Å². The first-order valence-electron chi connectivity index (χ1n) is 5.20. The van der Waals surface area contributed by atoms with Crippen LogP contribution in [0.1, 0.15) is 6.42 Å². The Morgan fingerprint density at radius 1 is 1.22 bits per heavy atom. The highest BCUT2D eigenvalue weighted by molar-refractivity contribution is 5.80. The van der Waals surface area contributed by atoms with Crippen molar-refractivity contribution >= 4 is 11.9 Å². The third-order valence-electron chi connectivity index (χ3n) is 2.58. The summed E-state index contributed by atoms with van der Waals surface area (Å²) in [5.41, 5.74) is 0. The Labute approximate surface area is 102 Å². The van der Waals surface area contributed by atoms with Gasteiger partial charge in [0.15, 0.2) is 0 Å². The van der Waals surface area contributed by atoms with E-state index in [1.807, 2.05) is 0 Å². The van der Waals surface area contributed by atoms with Crippen molar-refractivity contribution in [3.05, 3.63) is 0 Å². The molecule has 9 heteroatoms. The van der Waals surface area contributed by atoms with Gasteiger partial charge in [-0.2, -0.15) is 0 Å². The molecule has 1 rings (SSSR count). The fourth-order valence-electron chi connectivity index (χ4n) is 1.63. The van der Waals surface area contributed by atoms with E-state index in [9.17, 15) is 19.8 Å². The number of aliphatic hydroxyl groups excluding tert-OH is 3. The zero-order valence-electron chi connectivity index (χ0n) is 9.26. The van der Waals surface area contributed by atoms with E-state index in [1.165, 1.54) is 0 Å². The molecule has 18 heavy (non-hydrogen) atoms. The molecule has 5 atom stereocenters. The van der Waals surface area contributed by atoms with E-state index in [1.54, 1.807) is 0 Å². The Kier molecular flexibility index (Phi) is 4.99. The fraction of sp³-hybridized carbons (Fsp3) is 0.778. The maximum absolute atomic E-state index is 10.8. The average molecular weight is 265 g/mol. The molecule has 0 aromatic carbocycles. The number of carbonyl (C=O) groups is 2. The normalized spacial score (nSPS) is 33.3. The van der Waals surface area contributed by atoms with Gasteiger partial charge in [0.1, 0.15) is 30.6 Å². The summed E-state index contributed by atoms with van der Waals surface area (Å²) >= 11 is 0.